The van der Waals surface area contributed by atoms with Crippen molar-refractivity contribution in [2.24, 2.45) is 0 Å². The molecule has 0 saturated carbocycles. The fourth-order valence-corrected chi connectivity index (χ4v) is 0. The van der Waals surface area contributed by atoms with Crippen LogP contribution < -0.4 is 0 Å². The number of hydrogen-bond acceptors (Lipinski definition) is 0. The Morgan fingerprint density at radius 2 is 1.00 bits per heavy atom. The van der Waals surface area contributed by atoms with Crippen molar-refractivity contribution in [2.75, 3.05) is 0 Å². The van der Waals surface area contributed by atoms with E-state index in [1.165, 1.54) is 0 Å². The zero-order valence-corrected chi connectivity index (χ0v) is 3.20. The van der Waals surface area contributed by atoms with Gasteiger partial charge in [0.1, 0.15) is 0 Å². The van der Waals surface area contributed by atoms with Crippen LogP contribution in [0.3, 0.4) is 0 Å². The van der Waals surface area contributed by atoms with Crippen molar-refractivity contribution in [3.63, 3.8) is 0 Å². The average Bonchev–Trinajstić information content (AvgIpc) is 0.811. The van der Waals surface area contributed by atoms with Gasteiger partial charge in [-0.2, -0.15) is 0 Å². The van der Waals surface area contributed by atoms with Gasteiger partial charge in [-0.15, -0.1) is 0 Å². The molecule has 0 aliphatic rings. The normalized spacial score (nSPS) is 6.75. The molecule has 4 heteroatoms. The van der Waals surface area contributed by atoms with E-state index in [1.54, 1.807) is 0 Å². The van der Waals surface area contributed by atoms with Crippen LogP contribution >= 0.6 is 0 Å². The second-order valence-electron chi connectivity index (χ2n) is 0.214. The van der Waals surface area contributed by atoms with Gasteiger partial charge in [0.15, 0.2) is 0 Å². The molecular weight excluding hydrogens is 105 g/mol. The van der Waals surface area contributed by atoms with Crippen LogP contribution in [0.1, 0.15) is 0 Å². The van der Waals surface area contributed by atoms with Crippen molar-refractivity contribution in [2.45, 2.75) is 0 Å². The Hall–Kier alpha value is 0.504. The zero-order valence-electron chi connectivity index (χ0n) is 1.63. The molecule has 0 aromatic heterocycles. The van der Waals surface area contributed by atoms with Crippen molar-refractivity contribution in [1.82, 2.24) is 0 Å². The predicted octanol–water partition coefficient (Wildman–Crippen LogP) is 1.26. The summed E-state index contributed by atoms with van der Waals surface area (Å²) in [6, 6.07) is 0. The van der Waals surface area contributed by atoms with Gasteiger partial charge in [-0.3, -0.25) is 0 Å². The van der Waals surface area contributed by atoms with Crippen LogP contribution in [0.4, 0.5) is 9.28 Å². The van der Waals surface area contributed by atoms with Gasteiger partial charge in [0.25, 0.3) is 0 Å². The molecule has 24 valence electrons. The third-order valence-electron chi connectivity index (χ3n) is 0. The van der Waals surface area contributed by atoms with Crippen molar-refractivity contribution in [1.29, 1.82) is 0 Å². The minimum absolute atomic E-state index is 4.83. The first-order valence-electron chi connectivity index (χ1n) is 0.567. The topological polar surface area (TPSA) is 0 Å². The number of hydrogen-bond donors (Lipinski definition) is 0. The van der Waals surface area contributed by atoms with Crippen LogP contribution in [0.5, 0.6) is 0 Å². The molecule has 0 N–H and O–H groups in total. The van der Waals surface area contributed by atoms with Gasteiger partial charge in [0, 0.05) is 0 Å². The first-order chi connectivity index (χ1) is 1.73. The van der Waals surface area contributed by atoms with E-state index in [4.69, 9.17) is 0 Å². The quantitative estimate of drug-likeness (QED) is 0.406. The molecule has 0 aliphatic carbocycles. The summed E-state index contributed by atoms with van der Waals surface area (Å²) in [5.74, 6) is 0. The summed E-state index contributed by atoms with van der Waals surface area (Å²) in [5, 5.41) is 0. The molecule has 0 heterocycles. The maximum atomic E-state index is 9.83. The maximum absolute atomic E-state index is 9.83. The molecule has 0 amide bonds. The molecule has 0 bridgehead atoms. The first-order valence-corrected chi connectivity index (χ1v) is 2.34. The predicted molar refractivity (Wildman–Crippen MR) is 3.32 cm³/mol. The second kappa shape index (κ2) is 1.79. The molecule has 0 radical (unpaired) electrons. The third kappa shape index (κ3) is 22.3. The molecule has 0 rings (SSSR count). The van der Waals surface area contributed by atoms with Crippen molar-refractivity contribution in [3.8, 4) is 0 Å². The van der Waals surface area contributed by atoms with Gasteiger partial charge in [0.05, 0.1) is 0 Å². The molecule has 0 saturated heterocycles. The molecule has 0 aromatic carbocycles. The number of rotatable bonds is 0. The van der Waals surface area contributed by atoms with Crippen molar-refractivity contribution >= 4 is 0 Å². The molecule has 0 spiro atoms. The van der Waals surface area contributed by atoms with E-state index in [-0.39, 0.29) is 0 Å². The Morgan fingerprint density at radius 1 is 1.00 bits per heavy atom. The molecule has 0 nitrogen and oxygen atoms in total. The van der Waals surface area contributed by atoms with Crippen molar-refractivity contribution < 1.29 is 28.8 Å². The van der Waals surface area contributed by atoms with Crippen LogP contribution in [-0.2, 0) is 19.5 Å². The number of halogens is 3. The van der Waals surface area contributed by atoms with E-state index in [0.29, 0.717) is 0 Å². The summed E-state index contributed by atoms with van der Waals surface area (Å²) in [6.07, 6.45) is 0. The Labute approximate surface area is 29.5 Å². The van der Waals surface area contributed by atoms with Gasteiger partial charge in [-0.25, -0.2) is 0 Å². The van der Waals surface area contributed by atoms with E-state index in [2.05, 4.69) is 0 Å². The monoisotopic (exact) mass is 105 g/mol. The molecule has 0 unspecified atom stereocenters. The Kier molecular flexibility index (Phi) is 2.02. The molecule has 0 aromatic rings. The fraction of sp³-hybridized carbons (Fsp3) is 0. The van der Waals surface area contributed by atoms with Gasteiger partial charge < -0.3 is 0 Å². The summed E-state index contributed by atoms with van der Waals surface area (Å²) in [6.45, 7) is 0. The van der Waals surface area contributed by atoms with Gasteiger partial charge in [0.2, 0.25) is 0 Å². The van der Waals surface area contributed by atoms with E-state index in [9.17, 15) is 9.28 Å². The molecule has 4 heavy (non-hydrogen) atoms. The minimum atomic E-state index is -4.83. The third-order valence-corrected chi connectivity index (χ3v) is 0. The van der Waals surface area contributed by atoms with Gasteiger partial charge in [-0.05, 0) is 0 Å². The second-order valence-corrected chi connectivity index (χ2v) is 0.884. The molecule has 0 atom stereocenters. The Bertz CT molecular complexity index is 8.00. The summed E-state index contributed by atoms with van der Waals surface area (Å²) in [7, 11) is 0. The standard InChI is InChI=1S/3FH.Ti/h3*1H;/q;;;+4/p-3. The van der Waals surface area contributed by atoms with E-state index >= 15 is 0 Å². The average molecular weight is 105 g/mol. The molecule has 0 fully saturated rings. The summed E-state index contributed by atoms with van der Waals surface area (Å²) in [5.41, 5.74) is 0. The fourth-order valence-electron chi connectivity index (χ4n) is 0. The molecular formula is F3Ti+. The van der Waals surface area contributed by atoms with Crippen LogP contribution in [-0.4, -0.2) is 0 Å². The van der Waals surface area contributed by atoms with Gasteiger partial charge in [-0.1, -0.05) is 0 Å². The molecule has 0 aliphatic heterocycles. The zero-order chi connectivity index (χ0) is 3.58. The van der Waals surface area contributed by atoms with Crippen LogP contribution in [0, 0.1) is 0 Å². The van der Waals surface area contributed by atoms with E-state index < -0.39 is 19.5 Å². The van der Waals surface area contributed by atoms with E-state index in [1.807, 2.05) is 0 Å². The van der Waals surface area contributed by atoms with E-state index in [0.717, 1.165) is 0 Å². The summed E-state index contributed by atoms with van der Waals surface area (Å²) >= 11 is -4.83. The van der Waals surface area contributed by atoms with Crippen LogP contribution in [0.15, 0.2) is 0 Å². The summed E-state index contributed by atoms with van der Waals surface area (Å²) < 4.78 is 29.5. The SMILES string of the molecule is [F][Ti+]([F])[F]. The van der Waals surface area contributed by atoms with Crippen LogP contribution in [0.25, 0.3) is 0 Å². The Balaban J connectivity index is 2.32. The van der Waals surface area contributed by atoms with Gasteiger partial charge >= 0.3 is 28.8 Å². The Morgan fingerprint density at radius 3 is 1.00 bits per heavy atom. The first kappa shape index (κ1) is 4.50. The van der Waals surface area contributed by atoms with Crippen LogP contribution in [0.2, 0.25) is 0 Å². The van der Waals surface area contributed by atoms with Crippen molar-refractivity contribution in [3.05, 3.63) is 0 Å². The summed E-state index contributed by atoms with van der Waals surface area (Å²) in [4.78, 5) is 0.